The van der Waals surface area contributed by atoms with Crippen molar-refractivity contribution in [3.8, 4) is 11.5 Å². The molecule has 0 aliphatic heterocycles. The van der Waals surface area contributed by atoms with E-state index in [0.29, 0.717) is 27.8 Å². The Bertz CT molecular complexity index is 821. The van der Waals surface area contributed by atoms with Gasteiger partial charge in [0, 0.05) is 12.6 Å². The van der Waals surface area contributed by atoms with E-state index in [-0.39, 0.29) is 6.04 Å². The van der Waals surface area contributed by atoms with Crippen molar-refractivity contribution in [3.63, 3.8) is 0 Å². The van der Waals surface area contributed by atoms with E-state index in [1.54, 1.807) is 46.4 Å². The number of esters is 1. The van der Waals surface area contributed by atoms with Crippen LogP contribution in [0.5, 0.6) is 11.5 Å². The Labute approximate surface area is 162 Å². The van der Waals surface area contributed by atoms with Gasteiger partial charge in [-0.2, -0.15) is 4.37 Å². The SMILES string of the molecule is CNc1snc(C)c1C(=O)OCC(=O)N[C@@H](C)c1cc(OC)ccc1OC. The van der Waals surface area contributed by atoms with E-state index in [2.05, 4.69) is 15.0 Å². The van der Waals surface area contributed by atoms with Gasteiger partial charge in [0.15, 0.2) is 6.61 Å². The molecule has 1 aromatic carbocycles. The molecule has 0 saturated heterocycles. The predicted molar refractivity (Wildman–Crippen MR) is 103 cm³/mol. The number of aromatic nitrogens is 1. The lowest BCUT2D eigenvalue weighted by molar-refractivity contribution is -0.124. The largest absolute Gasteiger partial charge is 0.497 e. The van der Waals surface area contributed by atoms with Crippen molar-refractivity contribution in [3.05, 3.63) is 35.0 Å². The third-order valence-corrected chi connectivity index (χ3v) is 4.87. The highest BCUT2D eigenvalue weighted by atomic mass is 32.1. The fraction of sp³-hybridized carbons (Fsp3) is 0.389. The molecule has 0 bridgehead atoms. The average Bonchev–Trinajstić information content (AvgIpc) is 3.06. The Morgan fingerprint density at radius 1 is 1.26 bits per heavy atom. The topological polar surface area (TPSA) is 98.8 Å². The summed E-state index contributed by atoms with van der Waals surface area (Å²) in [7, 11) is 4.81. The molecule has 0 unspecified atom stereocenters. The molecule has 1 atom stereocenters. The molecular weight excluding hydrogens is 370 g/mol. The van der Waals surface area contributed by atoms with Gasteiger partial charge in [0.25, 0.3) is 5.91 Å². The quantitative estimate of drug-likeness (QED) is 0.665. The second-order valence-corrected chi connectivity index (χ2v) is 6.47. The maximum Gasteiger partial charge on any atom is 0.343 e. The zero-order chi connectivity index (χ0) is 20.0. The summed E-state index contributed by atoms with van der Waals surface area (Å²) in [5, 5.41) is 6.28. The van der Waals surface area contributed by atoms with Gasteiger partial charge in [-0.1, -0.05) is 0 Å². The first-order chi connectivity index (χ1) is 12.9. The van der Waals surface area contributed by atoms with Gasteiger partial charge < -0.3 is 24.8 Å². The molecule has 146 valence electrons. The van der Waals surface area contributed by atoms with Crippen molar-refractivity contribution >= 4 is 28.4 Å². The Kier molecular flexibility index (Phi) is 7.00. The lowest BCUT2D eigenvalue weighted by atomic mass is 10.1. The molecule has 0 spiro atoms. The lowest BCUT2D eigenvalue weighted by Crippen LogP contribution is -2.31. The first-order valence-corrected chi connectivity index (χ1v) is 9.01. The predicted octanol–water partition coefficient (Wildman–Crippen LogP) is 2.54. The van der Waals surface area contributed by atoms with Gasteiger partial charge >= 0.3 is 5.97 Å². The highest BCUT2D eigenvalue weighted by Crippen LogP contribution is 2.29. The highest BCUT2D eigenvalue weighted by Gasteiger charge is 2.21. The molecule has 9 heteroatoms. The van der Waals surface area contributed by atoms with Crippen LogP contribution in [0, 0.1) is 6.92 Å². The van der Waals surface area contributed by atoms with E-state index in [4.69, 9.17) is 14.2 Å². The van der Waals surface area contributed by atoms with Crippen LogP contribution >= 0.6 is 11.5 Å². The number of carbonyl (C=O) groups is 2. The van der Waals surface area contributed by atoms with Crippen molar-refractivity contribution in [1.29, 1.82) is 0 Å². The number of rotatable bonds is 8. The van der Waals surface area contributed by atoms with E-state index in [1.165, 1.54) is 11.5 Å². The van der Waals surface area contributed by atoms with Crippen LogP contribution in [-0.4, -0.2) is 44.1 Å². The lowest BCUT2D eigenvalue weighted by Gasteiger charge is -2.18. The third kappa shape index (κ3) is 4.88. The molecule has 0 radical (unpaired) electrons. The minimum atomic E-state index is -0.590. The smallest absolute Gasteiger partial charge is 0.343 e. The average molecular weight is 393 g/mol. The number of ether oxygens (including phenoxy) is 3. The molecule has 0 aliphatic rings. The van der Waals surface area contributed by atoms with Crippen LogP contribution < -0.4 is 20.1 Å². The van der Waals surface area contributed by atoms with Crippen LogP contribution in [0.4, 0.5) is 5.00 Å². The maximum atomic E-state index is 12.2. The zero-order valence-electron chi connectivity index (χ0n) is 15.9. The number of nitrogens with zero attached hydrogens (tertiary/aromatic N) is 1. The van der Waals surface area contributed by atoms with Gasteiger partial charge in [0.2, 0.25) is 0 Å². The van der Waals surface area contributed by atoms with Crippen molar-refractivity contribution in [1.82, 2.24) is 9.69 Å². The number of carbonyl (C=O) groups excluding carboxylic acids is 2. The molecule has 2 rings (SSSR count). The molecule has 0 fully saturated rings. The summed E-state index contributed by atoms with van der Waals surface area (Å²) in [5.74, 6) is 0.262. The first-order valence-electron chi connectivity index (χ1n) is 8.23. The number of nitrogens with one attached hydrogen (secondary N) is 2. The zero-order valence-corrected chi connectivity index (χ0v) is 16.7. The summed E-state index contributed by atoms with van der Waals surface area (Å²) in [6.07, 6.45) is 0. The third-order valence-electron chi connectivity index (χ3n) is 3.91. The Morgan fingerprint density at radius 3 is 2.63 bits per heavy atom. The van der Waals surface area contributed by atoms with E-state index >= 15 is 0 Å². The van der Waals surface area contributed by atoms with Crippen LogP contribution in [0.25, 0.3) is 0 Å². The monoisotopic (exact) mass is 393 g/mol. The van der Waals surface area contributed by atoms with Crippen LogP contribution in [-0.2, 0) is 9.53 Å². The molecular formula is C18H23N3O5S. The van der Waals surface area contributed by atoms with Gasteiger partial charge in [-0.3, -0.25) is 4.79 Å². The number of aryl methyl sites for hydroxylation is 1. The van der Waals surface area contributed by atoms with Gasteiger partial charge in [0.05, 0.1) is 26.0 Å². The summed E-state index contributed by atoms with van der Waals surface area (Å²) in [4.78, 5) is 24.4. The summed E-state index contributed by atoms with van der Waals surface area (Å²) >= 11 is 1.17. The van der Waals surface area contributed by atoms with Gasteiger partial charge in [-0.25, -0.2) is 4.79 Å². The standard InChI is InChI=1S/C18H23N3O5S/c1-10(13-8-12(24-4)6-7-14(13)25-5)20-15(22)9-26-18(23)16-11(2)21-27-17(16)19-3/h6-8,10,19H,9H2,1-5H3,(H,20,22)/t10-/m0/s1. The summed E-state index contributed by atoms with van der Waals surface area (Å²) in [5.41, 5.74) is 1.66. The number of methoxy groups -OCH3 is 2. The van der Waals surface area contributed by atoms with Crippen LogP contribution in [0.3, 0.4) is 0 Å². The molecule has 2 aromatic rings. The van der Waals surface area contributed by atoms with Crippen LogP contribution in [0.15, 0.2) is 18.2 Å². The summed E-state index contributed by atoms with van der Waals surface area (Å²) in [6.45, 7) is 3.13. The Hall–Kier alpha value is -2.81. The molecule has 1 amide bonds. The number of hydrogen-bond acceptors (Lipinski definition) is 8. The number of amides is 1. The van der Waals surface area contributed by atoms with Crippen molar-refractivity contribution in [2.75, 3.05) is 33.2 Å². The number of anilines is 1. The van der Waals surface area contributed by atoms with E-state index < -0.39 is 18.5 Å². The number of benzene rings is 1. The van der Waals surface area contributed by atoms with E-state index in [0.717, 1.165) is 5.56 Å². The Balaban J connectivity index is 1.99. The van der Waals surface area contributed by atoms with Crippen molar-refractivity contribution < 1.29 is 23.8 Å². The fourth-order valence-electron chi connectivity index (χ4n) is 2.52. The van der Waals surface area contributed by atoms with Gasteiger partial charge in [0.1, 0.15) is 22.1 Å². The molecule has 2 N–H and O–H groups in total. The molecule has 0 saturated carbocycles. The van der Waals surface area contributed by atoms with Crippen molar-refractivity contribution in [2.45, 2.75) is 19.9 Å². The fourth-order valence-corrected chi connectivity index (χ4v) is 3.26. The second-order valence-electron chi connectivity index (χ2n) is 5.70. The first kappa shape index (κ1) is 20.5. The molecule has 1 aromatic heterocycles. The van der Waals surface area contributed by atoms with Crippen molar-refractivity contribution in [2.24, 2.45) is 0 Å². The van der Waals surface area contributed by atoms with Gasteiger partial charge in [-0.15, -0.1) is 0 Å². The second kappa shape index (κ2) is 9.22. The van der Waals surface area contributed by atoms with E-state index in [1.807, 2.05) is 6.92 Å². The minimum absolute atomic E-state index is 0.345. The van der Waals surface area contributed by atoms with Crippen LogP contribution in [0.1, 0.15) is 34.6 Å². The molecule has 27 heavy (non-hydrogen) atoms. The molecule has 1 heterocycles. The Morgan fingerprint density at radius 2 is 2.00 bits per heavy atom. The van der Waals surface area contributed by atoms with E-state index in [9.17, 15) is 9.59 Å². The highest BCUT2D eigenvalue weighted by molar-refractivity contribution is 7.10. The minimum Gasteiger partial charge on any atom is -0.497 e. The molecule has 0 aliphatic carbocycles. The van der Waals surface area contributed by atoms with Gasteiger partial charge in [-0.05, 0) is 43.6 Å². The summed E-state index contributed by atoms with van der Waals surface area (Å²) in [6, 6.07) is 4.96. The number of hydrogen-bond donors (Lipinski definition) is 2. The normalized spacial score (nSPS) is 11.4. The molecule has 8 nitrogen and oxygen atoms in total. The van der Waals surface area contributed by atoms with Crippen LogP contribution in [0.2, 0.25) is 0 Å². The maximum absolute atomic E-state index is 12.2. The summed E-state index contributed by atoms with van der Waals surface area (Å²) < 4.78 is 19.8.